The standard InChI is InChI=1S/C63H119NO5/c1-3-5-7-9-11-13-15-17-19-20-21-22-23-24-25-26-27-29-31-35-39-43-47-51-55-61(66)60(59-65)64-62(67)56-52-48-44-40-36-32-30-34-38-42-46-50-54-58-69-63(68)57-53-49-45-41-37-33-28-18-16-14-12-10-8-6-4-2/h12,14,18,28,51,55,60-61,65-66H,3-11,13,15-17,19-27,29-50,52-54,56-59H2,1-2H3,(H,64,67)/b14-12-,28-18-,55-51+. The van der Waals surface area contributed by atoms with Crippen molar-refractivity contribution in [2.75, 3.05) is 13.2 Å². The molecule has 69 heavy (non-hydrogen) atoms. The molecule has 0 aromatic carbocycles. The first-order valence-corrected chi connectivity index (χ1v) is 30.8. The number of rotatable bonds is 57. The molecule has 0 aromatic heterocycles. The Morgan fingerprint density at radius 3 is 1.13 bits per heavy atom. The summed E-state index contributed by atoms with van der Waals surface area (Å²) in [5, 5.41) is 23.2. The molecule has 6 nitrogen and oxygen atoms in total. The molecule has 0 bridgehead atoms. The third-order valence-corrected chi connectivity index (χ3v) is 14.2. The highest BCUT2D eigenvalue weighted by molar-refractivity contribution is 5.76. The molecule has 0 aliphatic rings. The Labute approximate surface area is 430 Å². The van der Waals surface area contributed by atoms with Crippen LogP contribution in [0.25, 0.3) is 0 Å². The van der Waals surface area contributed by atoms with Crippen LogP contribution >= 0.6 is 0 Å². The molecular weight excluding hydrogens is 851 g/mol. The van der Waals surface area contributed by atoms with E-state index in [4.69, 9.17) is 4.74 Å². The third-order valence-electron chi connectivity index (χ3n) is 14.2. The van der Waals surface area contributed by atoms with Gasteiger partial charge in [-0.2, -0.15) is 0 Å². The second-order valence-corrected chi connectivity index (χ2v) is 21.0. The Bertz CT molecular complexity index is 1120. The van der Waals surface area contributed by atoms with Gasteiger partial charge in [0.1, 0.15) is 0 Å². The number of hydrogen-bond donors (Lipinski definition) is 3. The van der Waals surface area contributed by atoms with Crippen LogP contribution in [0.4, 0.5) is 0 Å². The molecule has 0 spiro atoms. The Morgan fingerprint density at radius 1 is 0.406 bits per heavy atom. The van der Waals surface area contributed by atoms with E-state index < -0.39 is 12.1 Å². The van der Waals surface area contributed by atoms with E-state index in [2.05, 4.69) is 43.5 Å². The molecule has 2 atom stereocenters. The van der Waals surface area contributed by atoms with E-state index >= 15 is 0 Å². The Morgan fingerprint density at radius 2 is 0.725 bits per heavy atom. The first-order chi connectivity index (χ1) is 34.0. The lowest BCUT2D eigenvalue weighted by atomic mass is 10.0. The number of aliphatic hydroxyl groups excluding tert-OH is 2. The molecule has 0 radical (unpaired) electrons. The molecule has 0 rings (SSSR count). The quantitative estimate of drug-likeness (QED) is 0.0321. The number of unbranched alkanes of at least 4 members (excludes halogenated alkanes) is 42. The van der Waals surface area contributed by atoms with E-state index in [1.807, 2.05) is 6.08 Å². The molecule has 0 aliphatic heterocycles. The van der Waals surface area contributed by atoms with Gasteiger partial charge in [-0.25, -0.2) is 0 Å². The molecule has 0 heterocycles. The minimum absolute atomic E-state index is 0.0203. The van der Waals surface area contributed by atoms with Crippen molar-refractivity contribution in [3.8, 4) is 0 Å². The molecule has 3 N–H and O–H groups in total. The highest BCUT2D eigenvalue weighted by Crippen LogP contribution is 2.17. The molecular formula is C63H119NO5. The predicted molar refractivity (Wildman–Crippen MR) is 301 cm³/mol. The van der Waals surface area contributed by atoms with E-state index in [1.54, 1.807) is 6.08 Å². The summed E-state index contributed by atoms with van der Waals surface area (Å²) < 4.78 is 5.47. The van der Waals surface area contributed by atoms with Crippen molar-refractivity contribution in [3.63, 3.8) is 0 Å². The fourth-order valence-corrected chi connectivity index (χ4v) is 9.43. The van der Waals surface area contributed by atoms with Gasteiger partial charge in [-0.3, -0.25) is 9.59 Å². The average molecular weight is 971 g/mol. The zero-order chi connectivity index (χ0) is 50.0. The van der Waals surface area contributed by atoms with Gasteiger partial charge in [0.25, 0.3) is 0 Å². The predicted octanol–water partition coefficient (Wildman–Crippen LogP) is 19.2. The summed E-state index contributed by atoms with van der Waals surface area (Å²) in [5.41, 5.74) is 0. The second kappa shape index (κ2) is 58.6. The van der Waals surface area contributed by atoms with Crippen molar-refractivity contribution in [1.82, 2.24) is 5.32 Å². The zero-order valence-electron chi connectivity index (χ0n) is 46.3. The van der Waals surface area contributed by atoms with E-state index in [0.717, 1.165) is 70.6 Å². The molecule has 6 heteroatoms. The molecule has 0 fully saturated rings. The molecule has 0 aliphatic carbocycles. The van der Waals surface area contributed by atoms with Crippen LogP contribution in [0, 0.1) is 0 Å². The van der Waals surface area contributed by atoms with Gasteiger partial charge < -0.3 is 20.3 Å². The minimum atomic E-state index is -0.855. The molecule has 1 amide bonds. The van der Waals surface area contributed by atoms with Crippen LogP contribution in [0.1, 0.15) is 328 Å². The van der Waals surface area contributed by atoms with Crippen LogP contribution in [0.5, 0.6) is 0 Å². The summed E-state index contributed by atoms with van der Waals surface area (Å²) in [6, 6.07) is -0.640. The van der Waals surface area contributed by atoms with Crippen molar-refractivity contribution in [3.05, 3.63) is 36.5 Å². The summed E-state index contributed by atoms with van der Waals surface area (Å²) in [6.07, 6.45) is 73.1. The maximum atomic E-state index is 12.5. The first kappa shape index (κ1) is 67.1. The van der Waals surface area contributed by atoms with Crippen LogP contribution < -0.4 is 5.32 Å². The maximum Gasteiger partial charge on any atom is 0.305 e. The minimum Gasteiger partial charge on any atom is -0.466 e. The number of carbonyl (C=O) groups is 2. The Kier molecular flexibility index (Phi) is 57.0. The van der Waals surface area contributed by atoms with Crippen molar-refractivity contribution in [2.24, 2.45) is 0 Å². The van der Waals surface area contributed by atoms with Crippen LogP contribution in [0.3, 0.4) is 0 Å². The highest BCUT2D eigenvalue weighted by atomic mass is 16.5. The van der Waals surface area contributed by atoms with Gasteiger partial charge in [0.05, 0.1) is 25.4 Å². The molecule has 0 saturated carbocycles. The summed E-state index contributed by atoms with van der Waals surface area (Å²) in [4.78, 5) is 24.6. The number of esters is 1. The van der Waals surface area contributed by atoms with Crippen molar-refractivity contribution in [2.45, 2.75) is 341 Å². The number of ether oxygens (including phenoxy) is 1. The van der Waals surface area contributed by atoms with Crippen molar-refractivity contribution < 1.29 is 24.5 Å². The largest absolute Gasteiger partial charge is 0.466 e. The zero-order valence-corrected chi connectivity index (χ0v) is 46.3. The smallest absolute Gasteiger partial charge is 0.305 e. The van der Waals surface area contributed by atoms with Crippen LogP contribution in [0.15, 0.2) is 36.5 Å². The van der Waals surface area contributed by atoms with E-state index in [0.29, 0.717) is 19.4 Å². The lowest BCUT2D eigenvalue weighted by Crippen LogP contribution is -2.45. The van der Waals surface area contributed by atoms with E-state index in [1.165, 1.54) is 231 Å². The summed E-state index contributed by atoms with van der Waals surface area (Å²) in [5.74, 6) is -0.0991. The van der Waals surface area contributed by atoms with E-state index in [-0.39, 0.29) is 18.5 Å². The number of carbonyl (C=O) groups excluding carboxylic acids is 2. The van der Waals surface area contributed by atoms with Crippen LogP contribution in [0.2, 0.25) is 0 Å². The Balaban J connectivity index is 3.49. The summed E-state index contributed by atoms with van der Waals surface area (Å²) in [6.45, 7) is 4.86. The maximum absolute atomic E-state index is 12.5. The van der Waals surface area contributed by atoms with Crippen LogP contribution in [-0.2, 0) is 14.3 Å². The first-order valence-electron chi connectivity index (χ1n) is 30.8. The number of amides is 1. The average Bonchev–Trinajstić information content (AvgIpc) is 3.35. The van der Waals surface area contributed by atoms with Gasteiger partial charge >= 0.3 is 5.97 Å². The normalized spacial score (nSPS) is 12.8. The van der Waals surface area contributed by atoms with Gasteiger partial charge in [-0.05, 0) is 64.2 Å². The second-order valence-electron chi connectivity index (χ2n) is 21.0. The lowest BCUT2D eigenvalue weighted by molar-refractivity contribution is -0.143. The van der Waals surface area contributed by atoms with Gasteiger partial charge in [0.15, 0.2) is 0 Å². The number of nitrogens with one attached hydrogen (secondary N) is 1. The molecule has 0 aromatic rings. The lowest BCUT2D eigenvalue weighted by Gasteiger charge is -2.20. The summed E-state index contributed by atoms with van der Waals surface area (Å²) in [7, 11) is 0. The SMILES string of the molecule is CCCCC/C=C\C/C=C\CCCCCCCC(=O)OCCCCCCCCCCCCCCCC(=O)NC(CO)C(O)/C=C/CCCCCCCCCCCCCCCCCCCCCCCC. The summed E-state index contributed by atoms with van der Waals surface area (Å²) >= 11 is 0. The monoisotopic (exact) mass is 970 g/mol. The Hall–Kier alpha value is -1.92. The molecule has 406 valence electrons. The third kappa shape index (κ3) is 55.2. The fourth-order valence-electron chi connectivity index (χ4n) is 9.43. The number of allylic oxidation sites excluding steroid dienone is 5. The molecule has 0 saturated heterocycles. The van der Waals surface area contributed by atoms with Crippen molar-refractivity contribution >= 4 is 11.9 Å². The van der Waals surface area contributed by atoms with Crippen LogP contribution in [-0.4, -0.2) is 47.4 Å². The number of hydrogen-bond acceptors (Lipinski definition) is 5. The topological polar surface area (TPSA) is 95.9 Å². The fraction of sp³-hybridized carbons (Fsp3) is 0.873. The highest BCUT2D eigenvalue weighted by Gasteiger charge is 2.18. The van der Waals surface area contributed by atoms with Gasteiger partial charge in [0, 0.05) is 12.8 Å². The van der Waals surface area contributed by atoms with Gasteiger partial charge in [-0.1, -0.05) is 288 Å². The molecule has 2 unspecified atom stereocenters. The van der Waals surface area contributed by atoms with Gasteiger partial charge in [-0.15, -0.1) is 0 Å². The van der Waals surface area contributed by atoms with E-state index in [9.17, 15) is 19.8 Å². The van der Waals surface area contributed by atoms with Gasteiger partial charge in [0.2, 0.25) is 5.91 Å². The van der Waals surface area contributed by atoms with Crippen molar-refractivity contribution in [1.29, 1.82) is 0 Å². The number of aliphatic hydroxyl groups is 2.